The molecule has 0 aliphatic carbocycles. The lowest BCUT2D eigenvalue weighted by molar-refractivity contribution is -0.134. The zero-order chi connectivity index (χ0) is 48.5. The number of hydrogen-bond acceptors (Lipinski definition) is 12. The zero-order valence-corrected chi connectivity index (χ0v) is 38.0. The number of hydrogen-bond donors (Lipinski definition) is 13. The number of aliphatic hydroxyl groups excluding tert-OH is 2. The fourth-order valence-electron chi connectivity index (χ4n) is 7.74. The molecule has 2 aromatic heterocycles. The van der Waals surface area contributed by atoms with E-state index >= 15 is 0 Å². The van der Waals surface area contributed by atoms with Gasteiger partial charge in [-0.1, -0.05) is 68.3 Å². The lowest BCUT2D eigenvalue weighted by Gasteiger charge is -2.29. The van der Waals surface area contributed by atoms with Crippen LogP contribution in [0.4, 0.5) is 0 Å². The van der Waals surface area contributed by atoms with Crippen LogP contribution in [-0.2, 0) is 52.8 Å². The number of nitrogens with two attached hydrogens (primary N) is 1. The van der Waals surface area contributed by atoms with Crippen molar-refractivity contribution in [3.05, 3.63) is 90.1 Å². The van der Waals surface area contributed by atoms with E-state index in [1.807, 2.05) is 31.2 Å². The van der Waals surface area contributed by atoms with Crippen LogP contribution in [0.25, 0.3) is 10.9 Å². The van der Waals surface area contributed by atoms with Gasteiger partial charge in [0.2, 0.25) is 41.4 Å². The van der Waals surface area contributed by atoms with Gasteiger partial charge < -0.3 is 57.8 Å². The first-order valence-electron chi connectivity index (χ1n) is 22.6. The molecule has 1 saturated heterocycles. The van der Waals surface area contributed by atoms with E-state index in [4.69, 9.17) is 5.73 Å². The lowest BCUT2D eigenvalue weighted by Crippen LogP contribution is -2.61. The van der Waals surface area contributed by atoms with Gasteiger partial charge in [-0.15, -0.1) is 0 Å². The molecule has 9 unspecified atom stereocenters. The zero-order valence-electron chi connectivity index (χ0n) is 38.0. The smallest absolute Gasteiger partial charge is 0.243 e. The molecule has 2 aromatic carbocycles. The Morgan fingerprint density at radius 3 is 2.30 bits per heavy atom. The van der Waals surface area contributed by atoms with Crippen LogP contribution in [0.2, 0.25) is 0 Å². The molecule has 0 bridgehead atoms. The van der Waals surface area contributed by atoms with Crippen LogP contribution in [0.15, 0.2) is 73.3 Å². The molecule has 362 valence electrons. The predicted molar refractivity (Wildman–Crippen MR) is 247 cm³/mol. The molecule has 1 aliphatic heterocycles. The Labute approximate surface area is 388 Å². The van der Waals surface area contributed by atoms with E-state index in [9.17, 15) is 43.8 Å². The molecular weight excluding hydrogens is 865 g/mol. The van der Waals surface area contributed by atoms with Crippen molar-refractivity contribution < 1.29 is 43.8 Å². The summed E-state index contributed by atoms with van der Waals surface area (Å²) in [5.41, 5.74) is 8.47. The molecular formula is C46H64N12O9. The highest BCUT2D eigenvalue weighted by atomic mass is 16.3. The van der Waals surface area contributed by atoms with Crippen molar-refractivity contribution >= 4 is 52.3 Å². The summed E-state index contributed by atoms with van der Waals surface area (Å²) in [7, 11) is 0. The Kier molecular flexibility index (Phi) is 19.4. The van der Waals surface area contributed by atoms with E-state index in [1.54, 1.807) is 36.5 Å². The molecule has 0 saturated carbocycles. The number of rotatable bonds is 16. The maximum absolute atomic E-state index is 14.3. The largest absolute Gasteiger partial charge is 0.379 e. The van der Waals surface area contributed by atoms with E-state index < -0.39 is 96.1 Å². The average Bonchev–Trinajstić information content (AvgIpc) is 3.97. The quantitative estimate of drug-likeness (QED) is 0.0597. The monoisotopic (exact) mass is 928 g/mol. The number of fused-ring (bicyclic) bond motifs is 1. The number of aliphatic hydroxyl groups is 2. The number of unbranched alkanes of at least 4 members (excludes halogenated alkanes) is 1. The molecule has 1 aliphatic rings. The van der Waals surface area contributed by atoms with Gasteiger partial charge in [-0.25, -0.2) is 4.98 Å². The van der Waals surface area contributed by atoms with E-state index in [2.05, 4.69) is 57.5 Å². The van der Waals surface area contributed by atoms with Gasteiger partial charge in [0, 0.05) is 61.2 Å². The van der Waals surface area contributed by atoms with Gasteiger partial charge in [-0.3, -0.25) is 44.2 Å². The standard InChI is InChI=1S/C46H64N12O9/c1-4-5-14-33(53-27(3)59)42(63)55-34-16-17-39(60)49-19-18-35(44(65)56-36(40(47)61)21-29-23-50-32-15-10-9-13-31(29)32)54-41(62)26(2)52-45(66)37(20-28-11-7-6-8-12-28)57-46(67)38(58-43(34)64)22-30-24-48-25-51-30/h6-13,15,23-27,33-38,41,50,53-54,59,62H,4-5,14,16-22H2,1-3H3,(H2,47,61)(H,48,51)(H,49,60)(H,52,66)(H,55,63)(H,56,65)(H,57,67)(H,58,64). The normalized spacial score (nSPS) is 22.9. The third-order valence-electron chi connectivity index (χ3n) is 11.5. The first-order chi connectivity index (χ1) is 32.1. The van der Waals surface area contributed by atoms with Crippen LogP contribution < -0.4 is 48.3 Å². The molecule has 4 aromatic rings. The SMILES string of the molecule is CCCCC(NC(C)O)C(=O)NC1CCC(=O)NCCC(C(=O)NC(Cc2c[nH]c3ccccc23)C(N)=O)NC(O)C(C)NC(=O)C(Cc2ccccc2)NC(=O)C(Cc2cnc[nH]2)NC1=O. The van der Waals surface area contributed by atoms with Gasteiger partial charge in [-0.2, -0.15) is 0 Å². The number of primary amides is 1. The molecule has 14 N–H and O–H groups in total. The summed E-state index contributed by atoms with van der Waals surface area (Å²) in [5.74, 6) is -4.99. The molecule has 21 nitrogen and oxygen atoms in total. The second-order valence-electron chi connectivity index (χ2n) is 16.9. The van der Waals surface area contributed by atoms with E-state index in [1.165, 1.54) is 26.4 Å². The van der Waals surface area contributed by atoms with Crippen LogP contribution in [0.5, 0.6) is 0 Å². The minimum atomic E-state index is -1.58. The van der Waals surface area contributed by atoms with Gasteiger partial charge in [0.05, 0.1) is 24.5 Å². The molecule has 1 fully saturated rings. The number of imidazole rings is 1. The highest BCUT2D eigenvalue weighted by Gasteiger charge is 2.34. The van der Waals surface area contributed by atoms with Gasteiger partial charge in [-0.05, 0) is 50.3 Å². The molecule has 21 heteroatoms. The van der Waals surface area contributed by atoms with Gasteiger partial charge in [0.25, 0.3) is 0 Å². The van der Waals surface area contributed by atoms with E-state index in [-0.39, 0.29) is 45.1 Å². The molecule has 7 amide bonds. The number of nitrogens with zero attached hydrogens (tertiary/aromatic N) is 1. The second-order valence-corrected chi connectivity index (χ2v) is 16.9. The topological polar surface area (TPSA) is 327 Å². The average molecular weight is 929 g/mol. The van der Waals surface area contributed by atoms with Crippen molar-refractivity contribution in [1.29, 1.82) is 0 Å². The summed E-state index contributed by atoms with van der Waals surface area (Å²) in [6.45, 7) is 4.75. The van der Waals surface area contributed by atoms with E-state index in [0.29, 0.717) is 24.1 Å². The third-order valence-corrected chi connectivity index (χ3v) is 11.5. The Balaban J connectivity index is 1.45. The van der Waals surface area contributed by atoms with Crippen LogP contribution in [0.1, 0.15) is 76.1 Å². The van der Waals surface area contributed by atoms with Gasteiger partial charge >= 0.3 is 0 Å². The molecule has 0 spiro atoms. The van der Waals surface area contributed by atoms with Crippen molar-refractivity contribution in [3.63, 3.8) is 0 Å². The van der Waals surface area contributed by atoms with Crippen molar-refractivity contribution in [2.24, 2.45) is 5.73 Å². The number of aromatic nitrogens is 3. The molecule has 0 radical (unpaired) electrons. The summed E-state index contributed by atoms with van der Waals surface area (Å²) >= 11 is 0. The number of carbonyl (C=O) groups is 7. The van der Waals surface area contributed by atoms with Crippen LogP contribution in [0.3, 0.4) is 0 Å². The summed E-state index contributed by atoms with van der Waals surface area (Å²) in [4.78, 5) is 107. The number of para-hydroxylation sites is 1. The Morgan fingerprint density at radius 2 is 1.60 bits per heavy atom. The summed E-state index contributed by atoms with van der Waals surface area (Å²) in [6, 6.07) is 7.91. The van der Waals surface area contributed by atoms with Crippen LogP contribution in [-0.4, -0.2) is 128 Å². The van der Waals surface area contributed by atoms with Crippen LogP contribution >= 0.6 is 0 Å². The Morgan fingerprint density at radius 1 is 0.896 bits per heavy atom. The van der Waals surface area contributed by atoms with Crippen molar-refractivity contribution in [1.82, 2.24) is 57.5 Å². The van der Waals surface area contributed by atoms with Gasteiger partial charge in [0.1, 0.15) is 36.6 Å². The predicted octanol–water partition coefficient (Wildman–Crippen LogP) is -1.09. The summed E-state index contributed by atoms with van der Waals surface area (Å²) in [6.07, 6.45) is 2.92. The first-order valence-corrected chi connectivity index (χ1v) is 22.6. The van der Waals surface area contributed by atoms with E-state index in [0.717, 1.165) is 22.9 Å². The summed E-state index contributed by atoms with van der Waals surface area (Å²) in [5, 5.41) is 44.3. The molecule has 9 atom stereocenters. The maximum atomic E-state index is 14.3. The molecule has 67 heavy (non-hydrogen) atoms. The summed E-state index contributed by atoms with van der Waals surface area (Å²) < 4.78 is 0. The molecule has 3 heterocycles. The Bertz CT molecular complexity index is 2270. The first kappa shape index (κ1) is 51.3. The fraction of sp³-hybridized carbons (Fsp3) is 0.478. The number of H-pyrrole nitrogens is 2. The lowest BCUT2D eigenvalue weighted by atomic mass is 10.0. The minimum absolute atomic E-state index is 0.00274. The van der Waals surface area contributed by atoms with Gasteiger partial charge in [0.15, 0.2) is 0 Å². The Hall–Kier alpha value is -6.68. The maximum Gasteiger partial charge on any atom is 0.243 e. The number of carbonyl (C=O) groups excluding carboxylic acids is 7. The molecule has 5 rings (SSSR count). The van der Waals surface area contributed by atoms with Crippen LogP contribution in [0, 0.1) is 0 Å². The fourth-order valence-corrected chi connectivity index (χ4v) is 7.74. The second kappa shape index (κ2) is 25.3. The number of aromatic amines is 2. The highest BCUT2D eigenvalue weighted by Crippen LogP contribution is 2.19. The number of benzene rings is 2. The van der Waals surface area contributed by atoms with Crippen molar-refractivity contribution in [2.45, 2.75) is 133 Å². The van der Waals surface area contributed by atoms with Crippen molar-refractivity contribution in [3.8, 4) is 0 Å². The highest BCUT2D eigenvalue weighted by molar-refractivity contribution is 5.95. The third kappa shape index (κ3) is 15.7. The van der Waals surface area contributed by atoms with Crippen molar-refractivity contribution in [2.75, 3.05) is 6.54 Å². The number of nitrogens with one attached hydrogen (secondary N) is 10. The number of amides is 7. The minimum Gasteiger partial charge on any atom is -0.379 e.